The van der Waals surface area contributed by atoms with E-state index in [0.717, 1.165) is 16.9 Å². The molecule has 0 saturated carbocycles. The topological polar surface area (TPSA) is 50.2 Å². The van der Waals surface area contributed by atoms with Crippen molar-refractivity contribution in [1.29, 1.82) is 0 Å². The predicted molar refractivity (Wildman–Crippen MR) is 77.7 cm³/mol. The Kier molecular flexibility index (Phi) is 4.68. The molecule has 0 aliphatic rings. The molecule has 0 bridgehead atoms. The molecule has 2 aromatic rings. The van der Waals surface area contributed by atoms with Crippen molar-refractivity contribution in [2.75, 3.05) is 0 Å². The van der Waals surface area contributed by atoms with Crippen LogP contribution in [0.5, 0.6) is 0 Å². The molecule has 2 rings (SSSR count). The number of thiazole rings is 1. The Bertz CT molecular complexity index is 546. The first-order chi connectivity index (χ1) is 9.20. The van der Waals surface area contributed by atoms with Crippen LogP contribution in [0.15, 0.2) is 30.5 Å². The molecule has 19 heavy (non-hydrogen) atoms. The molecule has 100 valence electrons. The van der Waals surface area contributed by atoms with Crippen molar-refractivity contribution < 1.29 is 9.90 Å². The summed E-state index contributed by atoms with van der Waals surface area (Å²) in [5.74, 6) is -0.965. The summed E-state index contributed by atoms with van der Waals surface area (Å²) < 4.78 is 0. The quantitative estimate of drug-likeness (QED) is 0.802. The highest BCUT2D eigenvalue weighted by molar-refractivity contribution is 7.16. The molecule has 0 amide bonds. The zero-order chi connectivity index (χ0) is 13.7. The summed E-state index contributed by atoms with van der Waals surface area (Å²) in [6.07, 6.45) is 6.45. The van der Waals surface area contributed by atoms with Gasteiger partial charge in [-0.2, -0.15) is 0 Å². The van der Waals surface area contributed by atoms with Crippen LogP contribution in [0.4, 0.5) is 0 Å². The minimum absolute atomic E-state index is 0.141. The lowest BCUT2D eigenvalue weighted by Crippen LogP contribution is -1.92. The van der Waals surface area contributed by atoms with E-state index in [-0.39, 0.29) is 5.01 Å². The van der Waals surface area contributed by atoms with Gasteiger partial charge in [0.2, 0.25) is 5.01 Å². The Morgan fingerprint density at radius 3 is 2.58 bits per heavy atom. The van der Waals surface area contributed by atoms with Gasteiger partial charge in [-0.05, 0) is 24.0 Å². The monoisotopic (exact) mass is 275 g/mol. The summed E-state index contributed by atoms with van der Waals surface area (Å²) in [6.45, 7) is 2.20. The molecule has 4 heteroatoms. The van der Waals surface area contributed by atoms with E-state index in [2.05, 4.69) is 24.0 Å². The number of carboxylic acid groups (broad SMARTS) is 1. The van der Waals surface area contributed by atoms with Gasteiger partial charge in [-0.3, -0.25) is 0 Å². The summed E-state index contributed by atoms with van der Waals surface area (Å²) in [6, 6.07) is 8.32. The van der Waals surface area contributed by atoms with E-state index in [0.29, 0.717) is 0 Å². The Balaban J connectivity index is 2.06. The van der Waals surface area contributed by atoms with Gasteiger partial charge >= 0.3 is 5.97 Å². The Hall–Kier alpha value is -1.68. The molecule has 0 spiro atoms. The van der Waals surface area contributed by atoms with Crippen LogP contribution in [0.2, 0.25) is 0 Å². The average molecular weight is 275 g/mol. The summed E-state index contributed by atoms with van der Waals surface area (Å²) in [7, 11) is 0. The minimum Gasteiger partial charge on any atom is -0.476 e. The average Bonchev–Trinajstić information content (AvgIpc) is 2.90. The maximum Gasteiger partial charge on any atom is 0.365 e. The molecule has 1 aromatic carbocycles. The number of nitrogens with zero attached hydrogens (tertiary/aromatic N) is 1. The highest BCUT2D eigenvalue weighted by Crippen LogP contribution is 2.26. The van der Waals surface area contributed by atoms with Gasteiger partial charge in [-0.15, -0.1) is 11.3 Å². The molecule has 0 radical (unpaired) electrons. The molecule has 0 aliphatic heterocycles. The Labute approximate surface area is 116 Å². The molecule has 0 saturated heterocycles. The molecular formula is C15H17NO2S. The number of unbranched alkanes of at least 4 members (excludes halogenated alkanes) is 2. The molecule has 0 unspecified atom stereocenters. The van der Waals surface area contributed by atoms with Crippen molar-refractivity contribution in [1.82, 2.24) is 4.98 Å². The van der Waals surface area contributed by atoms with Crippen LogP contribution in [0.25, 0.3) is 10.4 Å². The van der Waals surface area contributed by atoms with Gasteiger partial charge in [0.05, 0.1) is 4.88 Å². The molecule has 0 atom stereocenters. The fraction of sp³-hybridized carbons (Fsp3) is 0.333. The van der Waals surface area contributed by atoms with E-state index in [1.807, 2.05) is 12.1 Å². The van der Waals surface area contributed by atoms with Gasteiger partial charge in [0.25, 0.3) is 0 Å². The van der Waals surface area contributed by atoms with Crippen molar-refractivity contribution in [3.63, 3.8) is 0 Å². The van der Waals surface area contributed by atoms with E-state index < -0.39 is 5.97 Å². The van der Waals surface area contributed by atoms with Gasteiger partial charge in [0, 0.05) is 6.20 Å². The first-order valence-corrected chi connectivity index (χ1v) is 7.30. The van der Waals surface area contributed by atoms with E-state index in [9.17, 15) is 4.79 Å². The molecular weight excluding hydrogens is 258 g/mol. The van der Waals surface area contributed by atoms with Crippen molar-refractivity contribution in [3.05, 3.63) is 41.0 Å². The van der Waals surface area contributed by atoms with Crippen molar-refractivity contribution in [3.8, 4) is 10.4 Å². The van der Waals surface area contributed by atoms with Gasteiger partial charge in [-0.1, -0.05) is 44.0 Å². The SMILES string of the molecule is CCCCCc1ccc(-c2cnc(C(=O)O)s2)cc1. The number of rotatable bonds is 6. The van der Waals surface area contributed by atoms with Crippen LogP contribution >= 0.6 is 11.3 Å². The maximum atomic E-state index is 10.8. The maximum absolute atomic E-state index is 10.8. The summed E-state index contributed by atoms with van der Waals surface area (Å²) in [5.41, 5.74) is 2.37. The highest BCUT2D eigenvalue weighted by Gasteiger charge is 2.09. The second kappa shape index (κ2) is 6.48. The molecule has 0 aliphatic carbocycles. The number of aromatic nitrogens is 1. The van der Waals surface area contributed by atoms with E-state index >= 15 is 0 Å². The van der Waals surface area contributed by atoms with Crippen LogP contribution < -0.4 is 0 Å². The van der Waals surface area contributed by atoms with Crippen LogP contribution in [0.3, 0.4) is 0 Å². The Morgan fingerprint density at radius 1 is 1.26 bits per heavy atom. The van der Waals surface area contributed by atoms with Crippen LogP contribution in [-0.4, -0.2) is 16.1 Å². The number of hydrogen-bond acceptors (Lipinski definition) is 3. The zero-order valence-corrected chi connectivity index (χ0v) is 11.7. The van der Waals surface area contributed by atoms with Crippen LogP contribution in [-0.2, 0) is 6.42 Å². The molecule has 1 heterocycles. The summed E-state index contributed by atoms with van der Waals surface area (Å²) in [5, 5.41) is 9.00. The van der Waals surface area contributed by atoms with Gasteiger partial charge in [0.1, 0.15) is 0 Å². The lowest BCUT2D eigenvalue weighted by atomic mass is 10.1. The third kappa shape index (κ3) is 3.64. The van der Waals surface area contributed by atoms with Crippen molar-refractivity contribution in [2.24, 2.45) is 0 Å². The lowest BCUT2D eigenvalue weighted by molar-refractivity contribution is 0.0696. The van der Waals surface area contributed by atoms with Crippen molar-refractivity contribution >= 4 is 17.3 Å². The zero-order valence-electron chi connectivity index (χ0n) is 10.9. The number of hydrogen-bond donors (Lipinski definition) is 1. The van der Waals surface area contributed by atoms with Gasteiger partial charge in [-0.25, -0.2) is 9.78 Å². The first kappa shape index (κ1) is 13.7. The number of carboxylic acids is 1. The van der Waals surface area contributed by atoms with Gasteiger partial charge in [0.15, 0.2) is 0 Å². The highest BCUT2D eigenvalue weighted by atomic mass is 32.1. The minimum atomic E-state index is -0.965. The third-order valence-electron chi connectivity index (χ3n) is 3.00. The van der Waals surface area contributed by atoms with E-state index in [1.165, 1.54) is 36.2 Å². The van der Waals surface area contributed by atoms with Crippen molar-refractivity contribution in [2.45, 2.75) is 32.6 Å². The fourth-order valence-corrected chi connectivity index (χ4v) is 2.68. The number of aromatic carboxylic acids is 1. The van der Waals surface area contributed by atoms with Gasteiger partial charge < -0.3 is 5.11 Å². The first-order valence-electron chi connectivity index (χ1n) is 6.49. The summed E-state index contributed by atoms with van der Waals surface area (Å²) in [4.78, 5) is 15.6. The second-order valence-electron chi connectivity index (χ2n) is 4.49. The number of aryl methyl sites for hydroxylation is 1. The van der Waals surface area contributed by atoms with Crippen LogP contribution in [0.1, 0.15) is 41.6 Å². The number of carbonyl (C=O) groups is 1. The second-order valence-corrected chi connectivity index (χ2v) is 5.52. The smallest absolute Gasteiger partial charge is 0.365 e. The normalized spacial score (nSPS) is 10.6. The summed E-state index contributed by atoms with van der Waals surface area (Å²) >= 11 is 1.21. The molecule has 0 fully saturated rings. The largest absolute Gasteiger partial charge is 0.476 e. The molecule has 1 N–H and O–H groups in total. The van der Waals surface area contributed by atoms with E-state index in [4.69, 9.17) is 5.11 Å². The third-order valence-corrected chi connectivity index (χ3v) is 4.03. The standard InChI is InChI=1S/C15H17NO2S/c1-2-3-4-5-11-6-8-12(9-7-11)13-10-16-14(19-13)15(17)18/h6-10H,2-5H2,1H3,(H,17,18). The number of benzene rings is 1. The van der Waals surface area contributed by atoms with E-state index in [1.54, 1.807) is 6.20 Å². The molecule has 3 nitrogen and oxygen atoms in total. The van der Waals surface area contributed by atoms with Crippen LogP contribution in [0, 0.1) is 0 Å². The molecule has 1 aromatic heterocycles. The Morgan fingerprint density at radius 2 is 2.00 bits per heavy atom. The fourth-order valence-electron chi connectivity index (χ4n) is 1.92. The predicted octanol–water partition coefficient (Wildman–Crippen LogP) is 4.24. The lowest BCUT2D eigenvalue weighted by Gasteiger charge is -2.02.